The number of nitrogens with zero attached hydrogens (tertiary/aromatic N) is 3. The number of carbonyl (C=O) groups is 14. The molecule has 1 aromatic carbocycles. The maximum atomic E-state index is 14.1. The van der Waals surface area contributed by atoms with Gasteiger partial charge in [-0.25, -0.2) is 9.78 Å². The summed E-state index contributed by atoms with van der Waals surface area (Å²) < 4.78 is 0. The molecule has 0 unspecified atom stereocenters. The number of carboxylic acids is 2. The standard InChI is InChI=1S/C51H71N15O17/c1-25(42(73)61-34(20-39(53)69)46(77)60-31(51(82)83)13-14-38(52)68)58-40(70)23-56-44(75)33(19-28-22-54-24-57-28)63-47(78)35(21-41(71)72)62-43(74)26(2)59-45(76)32(18-27-9-11-29(67)12-10-27)64-48(79)36-7-4-16-65(36)50(81)37-8-5-17-66(37)49(80)30-6-3-15-55-30/h9-12,22,24-26,30-37,55,67H,3-8,13-21,23H2,1-2H3,(H2,52,68)(H2,53,69)(H,54,57)(H,56,75)(H,58,70)(H,59,76)(H,60,77)(H,61,73)(H,62,74)(H,63,78)(H,64,79)(H,71,72)(H,82,83)/t25-,26-,30-,31-,32-,33-,34-,35-,36-,37-/m0/s1. The fourth-order valence-corrected chi connectivity index (χ4v) is 9.55. The Bertz CT molecular complexity index is 2740. The van der Waals surface area contributed by atoms with Gasteiger partial charge in [-0.2, -0.15) is 0 Å². The number of hydrogen-bond acceptors (Lipinski definition) is 17. The molecule has 3 aliphatic rings. The molecule has 5 rings (SSSR count). The molecule has 0 radical (unpaired) electrons. The van der Waals surface area contributed by atoms with Crippen LogP contribution in [0.25, 0.3) is 0 Å². The molecular formula is C51H71N15O17. The molecule has 0 bridgehead atoms. The summed E-state index contributed by atoms with van der Waals surface area (Å²) >= 11 is 0. The minimum atomic E-state index is -1.90. The predicted molar refractivity (Wildman–Crippen MR) is 285 cm³/mol. The van der Waals surface area contributed by atoms with E-state index < -0.39 is 164 Å². The van der Waals surface area contributed by atoms with E-state index in [9.17, 15) is 82.4 Å². The smallest absolute Gasteiger partial charge is 0.326 e. The van der Waals surface area contributed by atoms with Gasteiger partial charge in [0.15, 0.2) is 0 Å². The second kappa shape index (κ2) is 30.5. The number of carboxylic acid groups (broad SMARTS) is 2. The van der Waals surface area contributed by atoms with Gasteiger partial charge in [0.2, 0.25) is 70.9 Å². The summed E-state index contributed by atoms with van der Waals surface area (Å²) in [5.74, 6) is -13.9. The number of aliphatic carboxylic acids is 2. The van der Waals surface area contributed by atoms with Gasteiger partial charge in [0, 0.05) is 44.2 Å². The van der Waals surface area contributed by atoms with Crippen LogP contribution in [0.1, 0.15) is 89.3 Å². The van der Waals surface area contributed by atoms with E-state index in [2.05, 4.69) is 57.8 Å². The number of aromatic amines is 1. The maximum Gasteiger partial charge on any atom is 0.326 e. The number of aromatic nitrogens is 2. The molecule has 452 valence electrons. The Hall–Kier alpha value is -9.23. The molecule has 0 saturated carbocycles. The van der Waals surface area contributed by atoms with Gasteiger partial charge in [-0.1, -0.05) is 12.1 Å². The Morgan fingerprint density at radius 2 is 1.19 bits per heavy atom. The van der Waals surface area contributed by atoms with Gasteiger partial charge in [0.25, 0.3) is 0 Å². The number of nitrogens with one attached hydrogen (secondary N) is 10. The largest absolute Gasteiger partial charge is 0.508 e. The number of rotatable bonds is 30. The Morgan fingerprint density at radius 3 is 1.76 bits per heavy atom. The highest BCUT2D eigenvalue weighted by atomic mass is 16.4. The van der Waals surface area contributed by atoms with Crippen molar-refractivity contribution in [3.63, 3.8) is 0 Å². The summed E-state index contributed by atoms with van der Waals surface area (Å²) in [6, 6.07) is -7.75. The number of nitrogens with two attached hydrogens (primary N) is 2. The van der Waals surface area contributed by atoms with E-state index in [1.54, 1.807) is 4.90 Å². The first kappa shape index (κ1) is 64.6. The van der Waals surface area contributed by atoms with Crippen LogP contribution in [0.3, 0.4) is 0 Å². The van der Waals surface area contributed by atoms with Gasteiger partial charge in [0.05, 0.1) is 31.8 Å². The number of carbonyl (C=O) groups excluding carboxylic acids is 12. The number of aromatic hydroxyl groups is 1. The molecule has 17 N–H and O–H groups in total. The van der Waals surface area contributed by atoms with E-state index in [4.69, 9.17) is 11.5 Å². The van der Waals surface area contributed by atoms with E-state index >= 15 is 0 Å². The lowest BCUT2D eigenvalue weighted by molar-refractivity contribution is -0.147. The van der Waals surface area contributed by atoms with Gasteiger partial charge in [-0.05, 0) is 83.0 Å². The third-order valence-electron chi connectivity index (χ3n) is 13.9. The summed E-state index contributed by atoms with van der Waals surface area (Å²) in [5.41, 5.74) is 11.0. The number of primary amides is 2. The highest BCUT2D eigenvalue weighted by Gasteiger charge is 2.44. The number of likely N-dealkylation sites (tertiary alicyclic amines) is 2. The minimum absolute atomic E-state index is 0.0858. The normalized spacial score (nSPS) is 19.0. The van der Waals surface area contributed by atoms with Gasteiger partial charge >= 0.3 is 11.9 Å². The Balaban J connectivity index is 1.21. The van der Waals surface area contributed by atoms with E-state index in [1.807, 2.05) is 0 Å². The second-order valence-electron chi connectivity index (χ2n) is 20.3. The Labute approximate surface area is 474 Å². The second-order valence-corrected chi connectivity index (χ2v) is 20.3. The zero-order valence-electron chi connectivity index (χ0n) is 45.6. The number of benzene rings is 1. The van der Waals surface area contributed by atoms with Gasteiger partial charge in [0.1, 0.15) is 60.1 Å². The predicted octanol–water partition coefficient (Wildman–Crippen LogP) is -6.12. The summed E-state index contributed by atoms with van der Waals surface area (Å²) in [5, 5.41) is 50.9. The van der Waals surface area contributed by atoms with Crippen LogP contribution in [0, 0.1) is 0 Å². The number of H-pyrrole nitrogens is 1. The van der Waals surface area contributed by atoms with Crippen molar-refractivity contribution >= 4 is 82.8 Å². The van der Waals surface area contributed by atoms with E-state index in [-0.39, 0.29) is 49.1 Å². The molecular weight excluding hydrogens is 1090 g/mol. The van der Waals surface area contributed by atoms with Gasteiger partial charge < -0.3 is 89.4 Å². The molecule has 83 heavy (non-hydrogen) atoms. The molecule has 32 nitrogen and oxygen atoms in total. The number of imidazole rings is 1. The molecule has 10 atom stereocenters. The van der Waals surface area contributed by atoms with Crippen molar-refractivity contribution < 1.29 is 82.4 Å². The third-order valence-corrected chi connectivity index (χ3v) is 13.9. The molecule has 1 aromatic heterocycles. The van der Waals surface area contributed by atoms with Crippen LogP contribution < -0.4 is 59.3 Å². The summed E-state index contributed by atoms with van der Waals surface area (Å²) in [4.78, 5) is 192. The van der Waals surface area contributed by atoms with Crippen LogP contribution in [0.2, 0.25) is 0 Å². The first-order valence-electron chi connectivity index (χ1n) is 26.8. The summed E-state index contributed by atoms with van der Waals surface area (Å²) in [6.07, 6.45) is 2.51. The molecule has 3 aliphatic heterocycles. The first-order valence-corrected chi connectivity index (χ1v) is 26.8. The monoisotopic (exact) mass is 1170 g/mol. The van der Waals surface area contributed by atoms with Crippen LogP contribution in [0.4, 0.5) is 0 Å². The average molecular weight is 1170 g/mol. The van der Waals surface area contributed by atoms with Crippen molar-refractivity contribution in [2.45, 2.75) is 151 Å². The summed E-state index contributed by atoms with van der Waals surface area (Å²) in [6.45, 7) is 2.81. The number of amides is 12. The van der Waals surface area contributed by atoms with Crippen LogP contribution in [0.5, 0.6) is 5.75 Å². The molecule has 2 aromatic rings. The van der Waals surface area contributed by atoms with Gasteiger partial charge in [-0.3, -0.25) is 62.3 Å². The summed E-state index contributed by atoms with van der Waals surface area (Å²) in [7, 11) is 0. The van der Waals surface area contributed by atoms with E-state index in [0.29, 0.717) is 44.3 Å². The maximum absolute atomic E-state index is 14.1. The van der Waals surface area contributed by atoms with Gasteiger partial charge in [-0.15, -0.1) is 0 Å². The molecule has 12 amide bonds. The highest BCUT2D eigenvalue weighted by molar-refractivity contribution is 6.00. The van der Waals surface area contributed by atoms with Crippen molar-refractivity contribution in [1.29, 1.82) is 0 Å². The Morgan fingerprint density at radius 1 is 0.627 bits per heavy atom. The topological polar surface area (TPSA) is 495 Å². The lowest BCUT2D eigenvalue weighted by atomic mass is 10.0. The molecule has 0 spiro atoms. The number of phenolic OH excluding ortho intramolecular Hbond substituents is 1. The molecule has 4 heterocycles. The zero-order chi connectivity index (χ0) is 61.1. The molecule has 0 aliphatic carbocycles. The quantitative estimate of drug-likeness (QED) is 0.0346. The van der Waals surface area contributed by atoms with E-state index in [1.165, 1.54) is 48.6 Å². The van der Waals surface area contributed by atoms with Crippen molar-refractivity contribution in [2.24, 2.45) is 11.5 Å². The average Bonchev–Trinajstić information content (AvgIpc) is 4.50. The van der Waals surface area contributed by atoms with E-state index in [0.717, 1.165) is 13.3 Å². The lowest BCUT2D eigenvalue weighted by Gasteiger charge is -2.32. The van der Waals surface area contributed by atoms with Crippen LogP contribution in [0.15, 0.2) is 36.8 Å². The molecule has 32 heteroatoms. The molecule has 3 fully saturated rings. The van der Waals surface area contributed by atoms with Crippen molar-refractivity contribution in [3.05, 3.63) is 48.0 Å². The highest BCUT2D eigenvalue weighted by Crippen LogP contribution is 2.27. The Kier molecular flexibility index (Phi) is 23.8. The number of hydrogen-bond donors (Lipinski definition) is 15. The lowest BCUT2D eigenvalue weighted by Crippen LogP contribution is -2.60. The number of phenols is 1. The van der Waals surface area contributed by atoms with Crippen molar-refractivity contribution in [3.8, 4) is 5.75 Å². The first-order chi connectivity index (χ1) is 39.3. The fraction of sp³-hybridized carbons (Fsp3) is 0.549. The van der Waals surface area contributed by atoms with Crippen molar-refractivity contribution in [2.75, 3.05) is 26.2 Å². The van der Waals surface area contributed by atoms with Crippen LogP contribution >= 0.6 is 0 Å². The van der Waals surface area contributed by atoms with Crippen LogP contribution in [-0.2, 0) is 80.0 Å². The minimum Gasteiger partial charge on any atom is -0.508 e. The zero-order valence-corrected chi connectivity index (χ0v) is 45.6. The molecule has 3 saturated heterocycles. The fourth-order valence-electron chi connectivity index (χ4n) is 9.55. The van der Waals surface area contributed by atoms with Crippen LogP contribution in [-0.4, -0.2) is 205 Å². The van der Waals surface area contributed by atoms with Crippen molar-refractivity contribution in [1.82, 2.24) is 67.6 Å². The SMILES string of the molecule is C[C@H](NC(=O)CNC(=O)[C@H](Cc1cnc[nH]1)NC(=O)[C@H](CC(=O)O)NC(=O)[C@H](C)NC(=O)[C@H](Cc1ccc(O)cc1)NC(=O)[C@@H]1CCCN1C(=O)[C@@H]1CCCN1C(=O)[C@@H]1CCCN1)C(=O)N[C@@H](CC(N)=O)C(=O)N[C@@H](CCC(N)=O)C(=O)O. The third kappa shape index (κ3) is 19.5.